The molecule has 2 aliphatic rings. The number of likely N-dealkylation sites (tertiary alicyclic amines) is 1. The fourth-order valence-electron chi connectivity index (χ4n) is 2.20. The van der Waals surface area contributed by atoms with Gasteiger partial charge in [-0.3, -0.25) is 9.69 Å². The minimum Gasteiger partial charge on any atom is -0.330 e. The van der Waals surface area contributed by atoms with E-state index in [-0.39, 0.29) is 5.91 Å². The molecule has 2 unspecified atom stereocenters. The third-order valence-electron chi connectivity index (χ3n) is 3.01. The van der Waals surface area contributed by atoms with E-state index in [1.807, 2.05) is 4.90 Å². The predicted octanol–water partition coefficient (Wildman–Crippen LogP) is 0.310. The highest BCUT2D eigenvalue weighted by Crippen LogP contribution is 2.36. The second-order valence-corrected chi connectivity index (χ2v) is 4.11. The van der Waals surface area contributed by atoms with E-state index in [1.54, 1.807) is 6.92 Å². The quantitative estimate of drug-likeness (QED) is 0.526. The van der Waals surface area contributed by atoms with Crippen molar-refractivity contribution < 1.29 is 4.79 Å². The number of carbonyl (C=O) groups is 1. The molecule has 3 nitrogen and oxygen atoms in total. The Morgan fingerprint density at radius 3 is 2.17 bits per heavy atom. The molecule has 2 saturated heterocycles. The van der Waals surface area contributed by atoms with Gasteiger partial charge < -0.3 is 4.90 Å². The molecule has 1 amide bonds. The van der Waals surface area contributed by atoms with Crippen LogP contribution < -0.4 is 0 Å². The van der Waals surface area contributed by atoms with Gasteiger partial charge in [-0.15, -0.1) is 0 Å². The summed E-state index contributed by atoms with van der Waals surface area (Å²) in [7, 11) is 0. The van der Waals surface area contributed by atoms with Gasteiger partial charge in [0.25, 0.3) is 0 Å². The van der Waals surface area contributed by atoms with Crippen LogP contribution in [0.3, 0.4) is 0 Å². The molecule has 0 bridgehead atoms. The number of hydrogen-bond donors (Lipinski definition) is 0. The van der Waals surface area contributed by atoms with E-state index < -0.39 is 0 Å². The van der Waals surface area contributed by atoms with Gasteiger partial charge in [-0.25, -0.2) is 0 Å². The molecule has 0 aromatic carbocycles. The van der Waals surface area contributed by atoms with Crippen molar-refractivity contribution in [2.24, 2.45) is 0 Å². The van der Waals surface area contributed by atoms with Gasteiger partial charge in [-0.05, 0) is 13.8 Å². The zero-order chi connectivity index (χ0) is 8.88. The van der Waals surface area contributed by atoms with Crippen LogP contribution in [0.4, 0.5) is 0 Å². The van der Waals surface area contributed by atoms with Gasteiger partial charge in [0, 0.05) is 26.1 Å². The Hall–Kier alpha value is -0.570. The number of hydrogen-bond acceptors (Lipinski definition) is 2. The Kier molecular flexibility index (Phi) is 1.65. The van der Waals surface area contributed by atoms with E-state index in [9.17, 15) is 4.79 Å². The fraction of sp³-hybridized carbons (Fsp3) is 0.889. The average Bonchev–Trinajstić information content (AvgIpc) is 2.48. The van der Waals surface area contributed by atoms with Crippen molar-refractivity contribution in [1.82, 2.24) is 9.80 Å². The molecule has 2 aliphatic heterocycles. The highest BCUT2D eigenvalue weighted by molar-refractivity contribution is 5.77. The molecule has 0 aromatic heterocycles. The van der Waals surface area contributed by atoms with Crippen molar-refractivity contribution in [2.75, 3.05) is 13.1 Å². The Morgan fingerprint density at radius 1 is 1.33 bits per heavy atom. The average molecular weight is 168 g/mol. The standard InChI is InChI=1S/C9H16N2O/c1-6(2)10-4-8-9(5-10)11(8)7(3)12/h6,8-9H,4-5H2,1-3H3. The van der Waals surface area contributed by atoms with E-state index in [4.69, 9.17) is 0 Å². The molecule has 0 N–H and O–H groups in total. The van der Waals surface area contributed by atoms with Gasteiger partial charge in [0.15, 0.2) is 0 Å². The van der Waals surface area contributed by atoms with Crippen molar-refractivity contribution in [3.8, 4) is 0 Å². The maximum Gasteiger partial charge on any atom is 0.220 e. The number of carbonyl (C=O) groups excluding carboxylic acids is 1. The fourth-order valence-corrected chi connectivity index (χ4v) is 2.20. The molecule has 2 fully saturated rings. The molecular formula is C9H16N2O. The normalized spacial score (nSPS) is 34.2. The Bertz CT molecular complexity index is 203. The summed E-state index contributed by atoms with van der Waals surface area (Å²) < 4.78 is 0. The van der Waals surface area contributed by atoms with Crippen molar-refractivity contribution in [2.45, 2.75) is 38.9 Å². The van der Waals surface area contributed by atoms with E-state index >= 15 is 0 Å². The second-order valence-electron chi connectivity index (χ2n) is 4.11. The van der Waals surface area contributed by atoms with Crippen molar-refractivity contribution in [1.29, 1.82) is 0 Å². The molecule has 0 spiro atoms. The van der Waals surface area contributed by atoms with E-state index in [1.165, 1.54) is 0 Å². The lowest BCUT2D eigenvalue weighted by Gasteiger charge is -2.23. The van der Waals surface area contributed by atoms with Crippen LogP contribution >= 0.6 is 0 Å². The lowest BCUT2D eigenvalue weighted by Crippen LogP contribution is -2.35. The van der Waals surface area contributed by atoms with E-state index in [2.05, 4.69) is 18.7 Å². The number of amides is 1. The van der Waals surface area contributed by atoms with Gasteiger partial charge in [0.1, 0.15) is 0 Å². The molecule has 2 atom stereocenters. The first-order valence-electron chi connectivity index (χ1n) is 4.64. The van der Waals surface area contributed by atoms with Crippen LogP contribution in [0.1, 0.15) is 20.8 Å². The number of piperazine rings is 1. The first-order valence-corrected chi connectivity index (χ1v) is 4.64. The molecular weight excluding hydrogens is 152 g/mol. The summed E-state index contributed by atoms with van der Waals surface area (Å²) in [5.41, 5.74) is 0. The zero-order valence-electron chi connectivity index (χ0n) is 7.95. The number of nitrogens with zero attached hydrogens (tertiary/aromatic N) is 2. The van der Waals surface area contributed by atoms with Crippen LogP contribution in [0.15, 0.2) is 0 Å². The second kappa shape index (κ2) is 2.46. The molecule has 68 valence electrons. The third-order valence-corrected chi connectivity index (χ3v) is 3.01. The van der Waals surface area contributed by atoms with Crippen molar-refractivity contribution >= 4 is 5.91 Å². The molecule has 2 heterocycles. The smallest absolute Gasteiger partial charge is 0.220 e. The topological polar surface area (TPSA) is 23.3 Å². The van der Waals surface area contributed by atoms with Gasteiger partial charge in [-0.2, -0.15) is 0 Å². The van der Waals surface area contributed by atoms with Crippen LogP contribution in [0, 0.1) is 0 Å². The number of fused-ring (bicyclic) bond motifs is 1. The van der Waals surface area contributed by atoms with Gasteiger partial charge in [0.2, 0.25) is 5.91 Å². The zero-order valence-corrected chi connectivity index (χ0v) is 7.95. The first kappa shape index (κ1) is 8.05. The molecule has 0 aliphatic carbocycles. The van der Waals surface area contributed by atoms with Gasteiger partial charge in [0.05, 0.1) is 12.1 Å². The molecule has 0 aromatic rings. The lowest BCUT2D eigenvalue weighted by molar-refractivity contribution is -0.125. The predicted molar refractivity (Wildman–Crippen MR) is 46.8 cm³/mol. The Balaban J connectivity index is 1.90. The largest absolute Gasteiger partial charge is 0.330 e. The van der Waals surface area contributed by atoms with E-state index in [0.29, 0.717) is 18.1 Å². The van der Waals surface area contributed by atoms with Gasteiger partial charge in [-0.1, -0.05) is 0 Å². The van der Waals surface area contributed by atoms with Crippen LogP contribution in [-0.2, 0) is 4.79 Å². The molecule has 0 radical (unpaired) electrons. The Morgan fingerprint density at radius 2 is 1.83 bits per heavy atom. The summed E-state index contributed by atoms with van der Waals surface area (Å²) in [6.45, 7) is 8.26. The van der Waals surface area contributed by atoms with Crippen molar-refractivity contribution in [3.05, 3.63) is 0 Å². The number of rotatable bonds is 1. The summed E-state index contributed by atoms with van der Waals surface area (Å²) in [4.78, 5) is 15.4. The highest BCUT2D eigenvalue weighted by atomic mass is 16.2. The first-order chi connectivity index (χ1) is 5.61. The Labute approximate surface area is 73.3 Å². The van der Waals surface area contributed by atoms with E-state index in [0.717, 1.165) is 13.1 Å². The molecule has 3 heteroatoms. The van der Waals surface area contributed by atoms with Gasteiger partial charge >= 0.3 is 0 Å². The van der Waals surface area contributed by atoms with Crippen LogP contribution in [-0.4, -0.2) is 46.9 Å². The summed E-state index contributed by atoms with van der Waals surface area (Å²) in [5.74, 6) is 0.244. The minimum absolute atomic E-state index is 0.244. The molecule has 2 rings (SSSR count). The summed E-state index contributed by atoms with van der Waals surface area (Å²) in [6.07, 6.45) is 0. The molecule has 12 heavy (non-hydrogen) atoms. The highest BCUT2D eigenvalue weighted by Gasteiger charge is 2.55. The van der Waals surface area contributed by atoms with Crippen LogP contribution in [0.5, 0.6) is 0 Å². The summed E-state index contributed by atoms with van der Waals surface area (Å²) in [5, 5.41) is 0. The molecule has 0 saturated carbocycles. The summed E-state index contributed by atoms with van der Waals surface area (Å²) >= 11 is 0. The van der Waals surface area contributed by atoms with Crippen LogP contribution in [0.2, 0.25) is 0 Å². The SMILES string of the molecule is CC(=O)N1C2CN(C(C)C)CC21. The minimum atomic E-state index is 0.244. The lowest BCUT2D eigenvalue weighted by atomic mass is 10.3. The van der Waals surface area contributed by atoms with Crippen LogP contribution in [0.25, 0.3) is 0 Å². The maximum atomic E-state index is 11.0. The monoisotopic (exact) mass is 168 g/mol. The van der Waals surface area contributed by atoms with Crippen molar-refractivity contribution in [3.63, 3.8) is 0 Å². The summed E-state index contributed by atoms with van der Waals surface area (Å²) in [6, 6.07) is 1.72. The third kappa shape index (κ3) is 1.04. The maximum absolute atomic E-state index is 11.0.